The number of para-hydroxylation sites is 2. The van der Waals surface area contributed by atoms with Crippen molar-refractivity contribution >= 4 is 28.4 Å². The topological polar surface area (TPSA) is 43.3 Å². The Kier molecular flexibility index (Phi) is 2.70. The standard InChI is InChI=1S/C15H11N3OS/c1-2-7-13-12(6-1)17-14(19-13)10-20-15-16-9-11-5-3-4-8-18(11)15/h1-9H,10H2. The summed E-state index contributed by atoms with van der Waals surface area (Å²) in [6.45, 7) is 0. The number of aromatic nitrogens is 3. The Morgan fingerprint density at radius 2 is 2.00 bits per heavy atom. The van der Waals surface area contributed by atoms with E-state index in [0.717, 1.165) is 27.7 Å². The molecule has 0 aliphatic rings. The Hall–Kier alpha value is -2.27. The molecule has 4 nitrogen and oxygen atoms in total. The number of pyridine rings is 1. The van der Waals surface area contributed by atoms with Crippen molar-refractivity contribution in [3.05, 3.63) is 60.7 Å². The molecule has 0 saturated heterocycles. The maximum absolute atomic E-state index is 5.71. The van der Waals surface area contributed by atoms with Gasteiger partial charge < -0.3 is 4.42 Å². The van der Waals surface area contributed by atoms with Crippen LogP contribution >= 0.6 is 11.8 Å². The van der Waals surface area contributed by atoms with Crippen LogP contribution in [0.1, 0.15) is 5.89 Å². The fraction of sp³-hybridized carbons (Fsp3) is 0.0667. The Labute approximate surface area is 119 Å². The molecule has 0 radical (unpaired) electrons. The highest BCUT2D eigenvalue weighted by Gasteiger charge is 2.08. The molecular weight excluding hydrogens is 270 g/mol. The summed E-state index contributed by atoms with van der Waals surface area (Å²) in [4.78, 5) is 8.89. The summed E-state index contributed by atoms with van der Waals surface area (Å²) in [6, 6.07) is 13.8. The third-order valence-corrected chi connectivity index (χ3v) is 4.02. The maximum Gasteiger partial charge on any atom is 0.205 e. The number of nitrogens with zero attached hydrogens (tertiary/aromatic N) is 3. The Morgan fingerprint density at radius 1 is 1.10 bits per heavy atom. The lowest BCUT2D eigenvalue weighted by Gasteiger charge is -1.98. The van der Waals surface area contributed by atoms with Crippen LogP contribution in [-0.4, -0.2) is 14.4 Å². The van der Waals surface area contributed by atoms with Crippen molar-refractivity contribution in [2.45, 2.75) is 10.9 Å². The van der Waals surface area contributed by atoms with Gasteiger partial charge in [-0.05, 0) is 24.3 Å². The van der Waals surface area contributed by atoms with Crippen LogP contribution in [-0.2, 0) is 5.75 Å². The van der Waals surface area contributed by atoms with Gasteiger partial charge in [0.25, 0.3) is 0 Å². The van der Waals surface area contributed by atoms with E-state index in [9.17, 15) is 0 Å². The highest BCUT2D eigenvalue weighted by Crippen LogP contribution is 2.24. The smallest absolute Gasteiger partial charge is 0.205 e. The van der Waals surface area contributed by atoms with Gasteiger partial charge in [0.05, 0.1) is 17.5 Å². The van der Waals surface area contributed by atoms with E-state index < -0.39 is 0 Å². The van der Waals surface area contributed by atoms with Crippen molar-refractivity contribution in [2.75, 3.05) is 0 Å². The summed E-state index contributed by atoms with van der Waals surface area (Å²) in [7, 11) is 0. The van der Waals surface area contributed by atoms with E-state index in [0.29, 0.717) is 5.75 Å². The molecule has 0 spiro atoms. The third-order valence-electron chi connectivity index (χ3n) is 3.07. The van der Waals surface area contributed by atoms with Crippen molar-refractivity contribution in [1.29, 1.82) is 0 Å². The van der Waals surface area contributed by atoms with Gasteiger partial charge in [0.2, 0.25) is 5.89 Å². The molecule has 4 aromatic rings. The summed E-state index contributed by atoms with van der Waals surface area (Å²) in [6.07, 6.45) is 3.88. The molecule has 4 rings (SSSR count). The molecular formula is C15H11N3OS. The monoisotopic (exact) mass is 281 g/mol. The minimum atomic E-state index is 0.669. The van der Waals surface area contributed by atoms with Crippen LogP contribution in [0.25, 0.3) is 16.6 Å². The minimum Gasteiger partial charge on any atom is -0.440 e. The highest BCUT2D eigenvalue weighted by molar-refractivity contribution is 7.98. The van der Waals surface area contributed by atoms with E-state index in [4.69, 9.17) is 4.42 Å². The first-order valence-electron chi connectivity index (χ1n) is 6.29. The molecule has 20 heavy (non-hydrogen) atoms. The second kappa shape index (κ2) is 4.68. The van der Waals surface area contributed by atoms with Gasteiger partial charge in [0.15, 0.2) is 10.7 Å². The van der Waals surface area contributed by atoms with E-state index in [-0.39, 0.29) is 0 Å². The predicted octanol–water partition coefficient (Wildman–Crippen LogP) is 3.77. The molecule has 0 aliphatic heterocycles. The fourth-order valence-electron chi connectivity index (χ4n) is 2.13. The second-order valence-corrected chi connectivity index (χ2v) is 5.34. The molecule has 98 valence electrons. The molecule has 0 bridgehead atoms. The minimum absolute atomic E-state index is 0.669. The number of hydrogen-bond acceptors (Lipinski definition) is 4. The van der Waals surface area contributed by atoms with Gasteiger partial charge >= 0.3 is 0 Å². The van der Waals surface area contributed by atoms with Crippen molar-refractivity contribution < 1.29 is 4.42 Å². The number of thioether (sulfide) groups is 1. The quantitative estimate of drug-likeness (QED) is 0.536. The zero-order valence-corrected chi connectivity index (χ0v) is 11.4. The molecule has 1 aromatic carbocycles. The number of imidazole rings is 1. The van der Waals surface area contributed by atoms with Gasteiger partial charge in [-0.1, -0.05) is 30.0 Å². The molecule has 0 N–H and O–H groups in total. The van der Waals surface area contributed by atoms with Crippen LogP contribution < -0.4 is 0 Å². The summed E-state index contributed by atoms with van der Waals surface area (Å²) >= 11 is 1.62. The first-order chi connectivity index (χ1) is 9.90. The third kappa shape index (κ3) is 1.96. The van der Waals surface area contributed by atoms with Gasteiger partial charge in [0.1, 0.15) is 5.52 Å². The number of rotatable bonds is 3. The lowest BCUT2D eigenvalue weighted by atomic mass is 10.3. The molecule has 0 unspecified atom stereocenters. The summed E-state index contributed by atoms with van der Waals surface area (Å²) < 4.78 is 7.77. The molecule has 3 aromatic heterocycles. The number of oxazole rings is 1. The van der Waals surface area contributed by atoms with Crippen molar-refractivity contribution in [1.82, 2.24) is 14.4 Å². The van der Waals surface area contributed by atoms with E-state index in [2.05, 4.69) is 14.4 Å². The summed E-state index contributed by atoms with van der Waals surface area (Å²) in [5.74, 6) is 1.40. The SMILES string of the molecule is c1ccc2oc(CSc3ncc4ccccn34)nc2c1. The normalized spacial score (nSPS) is 11.4. The molecule has 0 atom stereocenters. The zero-order valence-electron chi connectivity index (χ0n) is 10.6. The van der Waals surface area contributed by atoms with Crippen LogP contribution in [0, 0.1) is 0 Å². The van der Waals surface area contributed by atoms with E-state index >= 15 is 0 Å². The van der Waals surface area contributed by atoms with Gasteiger partial charge in [-0.3, -0.25) is 4.40 Å². The van der Waals surface area contributed by atoms with Crippen LogP contribution in [0.4, 0.5) is 0 Å². The van der Waals surface area contributed by atoms with Crippen molar-refractivity contribution in [3.8, 4) is 0 Å². The van der Waals surface area contributed by atoms with Crippen molar-refractivity contribution in [3.63, 3.8) is 0 Å². The zero-order chi connectivity index (χ0) is 13.4. The maximum atomic E-state index is 5.71. The molecule has 0 fully saturated rings. The highest BCUT2D eigenvalue weighted by atomic mass is 32.2. The van der Waals surface area contributed by atoms with Gasteiger partial charge in [-0.25, -0.2) is 9.97 Å². The van der Waals surface area contributed by atoms with Crippen LogP contribution in [0.5, 0.6) is 0 Å². The first-order valence-corrected chi connectivity index (χ1v) is 7.28. The Morgan fingerprint density at radius 3 is 2.95 bits per heavy atom. The van der Waals surface area contributed by atoms with Gasteiger partial charge in [-0.2, -0.15) is 0 Å². The van der Waals surface area contributed by atoms with Gasteiger partial charge in [0, 0.05) is 6.20 Å². The summed E-state index contributed by atoms with van der Waals surface area (Å²) in [5, 5.41) is 0.947. The number of benzene rings is 1. The largest absolute Gasteiger partial charge is 0.440 e. The molecule has 0 aliphatic carbocycles. The fourth-order valence-corrected chi connectivity index (χ4v) is 2.94. The van der Waals surface area contributed by atoms with Crippen LogP contribution in [0.15, 0.2) is 64.4 Å². The summed E-state index contributed by atoms with van der Waals surface area (Å²) in [5.41, 5.74) is 2.82. The second-order valence-electron chi connectivity index (χ2n) is 4.40. The molecule has 5 heteroatoms. The van der Waals surface area contributed by atoms with E-state index in [1.54, 1.807) is 11.8 Å². The Bertz CT molecular complexity index is 848. The van der Waals surface area contributed by atoms with Crippen LogP contribution in [0.2, 0.25) is 0 Å². The molecule has 0 saturated carbocycles. The lowest BCUT2D eigenvalue weighted by molar-refractivity contribution is 0.556. The number of fused-ring (bicyclic) bond motifs is 2. The average Bonchev–Trinajstić information content (AvgIpc) is 3.08. The lowest BCUT2D eigenvalue weighted by Crippen LogP contribution is -1.87. The first kappa shape index (κ1) is 11.5. The van der Waals surface area contributed by atoms with Crippen molar-refractivity contribution in [2.24, 2.45) is 0 Å². The van der Waals surface area contributed by atoms with Gasteiger partial charge in [-0.15, -0.1) is 0 Å². The predicted molar refractivity (Wildman–Crippen MR) is 78.8 cm³/mol. The molecule has 3 heterocycles. The number of hydrogen-bond donors (Lipinski definition) is 0. The van der Waals surface area contributed by atoms with Crippen LogP contribution in [0.3, 0.4) is 0 Å². The van der Waals surface area contributed by atoms with E-state index in [1.807, 2.05) is 54.9 Å². The average molecular weight is 281 g/mol. The van der Waals surface area contributed by atoms with E-state index in [1.165, 1.54) is 0 Å². The molecule has 0 amide bonds. The Balaban J connectivity index is 1.60.